The fraction of sp³-hybridized carbons (Fsp3) is 0.478. The molecule has 0 unspecified atom stereocenters. The first-order valence-electron chi connectivity index (χ1n) is 11.3. The highest BCUT2D eigenvalue weighted by molar-refractivity contribution is 7.89. The molecule has 0 aromatic heterocycles. The van der Waals surface area contributed by atoms with Gasteiger partial charge in [0.15, 0.2) is 0 Å². The standard InChI is InChI=1S/C23H27F3N2O5S2/c1-2-3-18-4-10-21(11-5-18)35(30,31)27-14-12-22(13-15-27)28(16-17-32-22)34(29)20-8-6-19(7-9-20)33-23(24,25)26/h4-11H,2-3,12-17H2,1H3. The molecular weight excluding hydrogens is 505 g/mol. The van der Waals surface area contributed by atoms with E-state index in [-0.39, 0.29) is 18.0 Å². The number of aryl methyl sites for hydroxylation is 1. The molecule has 0 radical (unpaired) electrons. The highest BCUT2D eigenvalue weighted by atomic mass is 32.2. The second-order valence-electron chi connectivity index (χ2n) is 8.46. The summed E-state index contributed by atoms with van der Waals surface area (Å²) in [5.74, 6) is -0.396. The van der Waals surface area contributed by atoms with Crippen LogP contribution in [0.5, 0.6) is 5.75 Å². The Hall–Kier alpha value is -2.15. The Morgan fingerprint density at radius 1 is 1.09 bits per heavy atom. The van der Waals surface area contributed by atoms with Crippen molar-refractivity contribution < 1.29 is 39.2 Å². The third kappa shape index (κ3) is 5.65. The lowest BCUT2D eigenvalue weighted by molar-refractivity contribution is -0.604. The summed E-state index contributed by atoms with van der Waals surface area (Å²) >= 11 is 0. The lowest BCUT2D eigenvalue weighted by Gasteiger charge is -2.36. The Morgan fingerprint density at radius 2 is 1.71 bits per heavy atom. The molecule has 2 fully saturated rings. The molecule has 2 aromatic carbocycles. The largest absolute Gasteiger partial charge is 0.573 e. The summed E-state index contributed by atoms with van der Waals surface area (Å²) in [6.07, 6.45) is -2.31. The van der Waals surface area contributed by atoms with Gasteiger partial charge in [-0.3, -0.25) is 3.95 Å². The van der Waals surface area contributed by atoms with E-state index < -0.39 is 38.5 Å². The summed E-state index contributed by atoms with van der Waals surface area (Å²) in [5, 5.41) is 0. The van der Waals surface area contributed by atoms with Gasteiger partial charge in [-0.1, -0.05) is 42.5 Å². The summed E-state index contributed by atoms with van der Waals surface area (Å²) < 4.78 is 89.7. The maximum Gasteiger partial charge on any atom is 0.573 e. The molecule has 2 aliphatic heterocycles. The molecule has 4 rings (SSSR count). The van der Waals surface area contributed by atoms with Crippen molar-refractivity contribution in [2.24, 2.45) is 0 Å². The summed E-state index contributed by atoms with van der Waals surface area (Å²) in [5.41, 5.74) is 0.183. The molecule has 0 N–H and O–H groups in total. The van der Waals surface area contributed by atoms with Crippen molar-refractivity contribution >= 4 is 20.6 Å². The number of sulfonamides is 1. The van der Waals surface area contributed by atoms with E-state index in [1.807, 2.05) is 12.1 Å². The molecule has 0 atom stereocenters. The fourth-order valence-electron chi connectivity index (χ4n) is 4.45. The molecule has 12 heteroatoms. The summed E-state index contributed by atoms with van der Waals surface area (Å²) in [7, 11) is -5.37. The van der Waals surface area contributed by atoms with Gasteiger partial charge in [0, 0.05) is 13.1 Å². The van der Waals surface area contributed by atoms with Crippen molar-refractivity contribution in [1.82, 2.24) is 4.31 Å². The maximum atomic E-state index is 13.3. The molecule has 2 aliphatic rings. The van der Waals surface area contributed by atoms with Crippen molar-refractivity contribution in [1.29, 1.82) is 0 Å². The average molecular weight is 533 g/mol. The zero-order valence-corrected chi connectivity index (χ0v) is 20.8. The predicted octanol–water partition coefficient (Wildman–Crippen LogP) is 4.27. The van der Waals surface area contributed by atoms with Crippen LogP contribution in [0.4, 0.5) is 13.2 Å². The van der Waals surface area contributed by atoms with Crippen LogP contribution in [0.2, 0.25) is 0 Å². The first-order chi connectivity index (χ1) is 16.5. The van der Waals surface area contributed by atoms with Crippen LogP contribution in [0.1, 0.15) is 31.7 Å². The van der Waals surface area contributed by atoms with Gasteiger partial charge >= 0.3 is 6.36 Å². The number of piperidine rings is 1. The second kappa shape index (κ2) is 10.1. The van der Waals surface area contributed by atoms with E-state index in [1.165, 1.54) is 16.4 Å². The minimum absolute atomic E-state index is 0.200. The minimum atomic E-state index is -4.81. The Bertz CT molecular complexity index is 1230. The van der Waals surface area contributed by atoms with E-state index >= 15 is 0 Å². The van der Waals surface area contributed by atoms with E-state index in [4.69, 9.17) is 4.74 Å². The van der Waals surface area contributed by atoms with Gasteiger partial charge in [0.05, 0.1) is 17.7 Å². The quantitative estimate of drug-likeness (QED) is 0.410. The van der Waals surface area contributed by atoms with Gasteiger partial charge in [0.1, 0.15) is 18.9 Å². The fourth-order valence-corrected chi connectivity index (χ4v) is 7.29. The number of rotatable bonds is 6. The first kappa shape index (κ1) is 25.9. The van der Waals surface area contributed by atoms with Gasteiger partial charge in [-0.25, -0.2) is 8.42 Å². The van der Waals surface area contributed by atoms with Crippen LogP contribution in [0.25, 0.3) is 0 Å². The van der Waals surface area contributed by atoms with Gasteiger partial charge < -0.3 is 13.7 Å². The normalized spacial score (nSPS) is 20.7. The lowest BCUT2D eigenvalue weighted by atomic mass is 10.0. The molecular formula is C23H27F3N2O5S2. The van der Waals surface area contributed by atoms with E-state index in [0.29, 0.717) is 30.9 Å². The van der Waals surface area contributed by atoms with Gasteiger partial charge in [-0.05, 0) is 46.8 Å². The molecule has 0 aliphatic carbocycles. The Labute approximate surface area is 204 Å². The molecule has 2 heterocycles. The van der Waals surface area contributed by atoms with E-state index in [9.17, 15) is 25.8 Å². The molecule has 192 valence electrons. The smallest absolute Gasteiger partial charge is 0.406 e. The van der Waals surface area contributed by atoms with Gasteiger partial charge in [0.25, 0.3) is 5.72 Å². The number of hydrogen-bond acceptors (Lipinski definition) is 6. The molecule has 2 aromatic rings. The number of nitrogens with zero attached hydrogens (tertiary/aromatic N) is 2. The zero-order valence-electron chi connectivity index (χ0n) is 19.2. The number of halogens is 3. The Kier molecular flexibility index (Phi) is 7.46. The van der Waals surface area contributed by atoms with Gasteiger partial charge in [-0.2, -0.15) is 4.31 Å². The molecule has 2 saturated heterocycles. The molecule has 0 saturated carbocycles. The molecule has 0 bridgehead atoms. The summed E-state index contributed by atoms with van der Waals surface area (Å²) in [6.45, 7) is 3.15. The van der Waals surface area contributed by atoms with Crippen molar-refractivity contribution in [3.63, 3.8) is 0 Å². The monoisotopic (exact) mass is 532 g/mol. The highest BCUT2D eigenvalue weighted by Gasteiger charge is 2.49. The molecule has 7 nitrogen and oxygen atoms in total. The van der Waals surface area contributed by atoms with E-state index in [0.717, 1.165) is 30.5 Å². The Balaban J connectivity index is 1.50. The number of benzene rings is 2. The van der Waals surface area contributed by atoms with Crippen LogP contribution < -0.4 is 4.74 Å². The Morgan fingerprint density at radius 3 is 2.29 bits per heavy atom. The number of ether oxygens (including phenoxy) is 2. The molecule has 1 spiro atoms. The minimum Gasteiger partial charge on any atom is -0.406 e. The van der Waals surface area contributed by atoms with Crippen LogP contribution in [-0.4, -0.2) is 55.0 Å². The second-order valence-corrected chi connectivity index (χ2v) is 11.8. The van der Waals surface area contributed by atoms with Crippen LogP contribution in [-0.2, 0) is 36.0 Å². The van der Waals surface area contributed by atoms with Gasteiger partial charge in [-0.15, -0.1) is 13.2 Å². The SMILES string of the molecule is CCCc1ccc(S(=O)(=O)N2CCC3(CC2)OCC[N+]3=[S-](=O)c2ccc(OC(F)(F)F)cc2)cc1. The summed E-state index contributed by atoms with van der Waals surface area (Å²) in [4.78, 5) is 0.550. The van der Waals surface area contributed by atoms with Crippen molar-refractivity contribution in [3.05, 3.63) is 54.1 Å². The average Bonchev–Trinajstić information content (AvgIpc) is 3.21. The van der Waals surface area contributed by atoms with E-state index in [2.05, 4.69) is 11.7 Å². The molecule has 0 amide bonds. The van der Waals surface area contributed by atoms with Crippen LogP contribution in [0.15, 0.2) is 58.3 Å². The predicted molar refractivity (Wildman–Crippen MR) is 122 cm³/mol. The van der Waals surface area contributed by atoms with Crippen LogP contribution >= 0.6 is 0 Å². The topological polar surface area (TPSA) is 75.9 Å². The zero-order chi connectivity index (χ0) is 25.3. The van der Waals surface area contributed by atoms with E-state index in [1.54, 1.807) is 16.1 Å². The summed E-state index contributed by atoms with van der Waals surface area (Å²) in [6, 6.07) is 11.8. The van der Waals surface area contributed by atoms with Gasteiger partial charge in [0.2, 0.25) is 10.0 Å². The van der Waals surface area contributed by atoms with Crippen LogP contribution in [0.3, 0.4) is 0 Å². The van der Waals surface area contributed by atoms with Crippen LogP contribution in [0, 0.1) is 0 Å². The van der Waals surface area contributed by atoms with Crippen molar-refractivity contribution in [3.8, 4) is 5.75 Å². The number of hydrogen-bond donors (Lipinski definition) is 0. The first-order valence-corrected chi connectivity index (χ1v) is 13.9. The highest BCUT2D eigenvalue weighted by Crippen LogP contribution is 2.34. The maximum absolute atomic E-state index is 13.3. The molecule has 35 heavy (non-hydrogen) atoms. The van der Waals surface area contributed by atoms with Crippen molar-refractivity contribution in [2.75, 3.05) is 26.2 Å². The third-order valence-corrected chi connectivity index (χ3v) is 9.69. The lowest BCUT2D eigenvalue weighted by Crippen LogP contribution is -2.51. The van der Waals surface area contributed by atoms with Crippen molar-refractivity contribution in [2.45, 2.75) is 54.5 Å². The number of alkyl halides is 3. The third-order valence-electron chi connectivity index (χ3n) is 6.18.